The topological polar surface area (TPSA) is 179 Å². The molecule has 3 rings (SSSR count). The molecule has 0 aliphatic carbocycles. The Labute approximate surface area is 206 Å². The molecule has 0 saturated carbocycles. The number of pyridine rings is 3. The van der Waals surface area contributed by atoms with Crippen LogP contribution in [0.2, 0.25) is 10.0 Å². The van der Waals surface area contributed by atoms with E-state index in [0.29, 0.717) is 15.7 Å². The SMILES string of the molecule is C.CNC(=O)c1cc(Cl)ccn1.COC(=O)c1cc(Cl)ccn1.N#N.O=C(O)c1ccccn1. The largest absolute Gasteiger partial charge is 0.477 e. The van der Waals surface area contributed by atoms with Crippen LogP contribution in [0.4, 0.5) is 0 Å². The third-order valence-electron chi connectivity index (χ3n) is 3.18. The second kappa shape index (κ2) is 18.4. The van der Waals surface area contributed by atoms with E-state index in [4.69, 9.17) is 39.1 Å². The number of carbonyl (C=O) groups excluding carboxylic acids is 2. The summed E-state index contributed by atoms with van der Waals surface area (Å²) >= 11 is 11.2. The van der Waals surface area contributed by atoms with Gasteiger partial charge in [0.25, 0.3) is 5.91 Å². The lowest BCUT2D eigenvalue weighted by Crippen LogP contribution is -2.18. The van der Waals surface area contributed by atoms with E-state index >= 15 is 0 Å². The molecule has 0 bridgehead atoms. The molecule has 3 aromatic heterocycles. The first kappa shape index (κ1) is 32.0. The Hall–Kier alpha value is -4.14. The van der Waals surface area contributed by atoms with Crippen LogP contribution in [-0.2, 0) is 4.74 Å². The molecule has 34 heavy (non-hydrogen) atoms. The molecule has 0 saturated heterocycles. The number of nitrogens with one attached hydrogen (secondary N) is 1. The van der Waals surface area contributed by atoms with Gasteiger partial charge < -0.3 is 15.2 Å². The maximum atomic E-state index is 10.9. The fourth-order valence-corrected chi connectivity index (χ4v) is 2.09. The van der Waals surface area contributed by atoms with Crippen molar-refractivity contribution < 1.29 is 24.2 Å². The summed E-state index contributed by atoms with van der Waals surface area (Å²) in [7, 11) is 2.84. The van der Waals surface area contributed by atoms with E-state index < -0.39 is 11.9 Å². The van der Waals surface area contributed by atoms with Crippen molar-refractivity contribution in [3.63, 3.8) is 0 Å². The van der Waals surface area contributed by atoms with Crippen LogP contribution in [0.1, 0.15) is 38.9 Å². The van der Waals surface area contributed by atoms with E-state index in [9.17, 15) is 14.4 Å². The monoisotopic (exact) mass is 508 g/mol. The van der Waals surface area contributed by atoms with Crippen LogP contribution in [0.3, 0.4) is 0 Å². The zero-order chi connectivity index (χ0) is 25.2. The Morgan fingerprint density at radius 3 is 1.76 bits per heavy atom. The van der Waals surface area contributed by atoms with E-state index in [1.54, 1.807) is 31.3 Å². The van der Waals surface area contributed by atoms with Gasteiger partial charge in [-0.25, -0.2) is 19.6 Å². The number of esters is 1. The lowest BCUT2D eigenvalue weighted by Gasteiger charge is -1.97. The number of ether oxygens (including phenoxy) is 1. The van der Waals surface area contributed by atoms with Crippen LogP contribution in [0.25, 0.3) is 0 Å². The van der Waals surface area contributed by atoms with Crippen LogP contribution in [-0.4, -0.2) is 52.1 Å². The number of aromatic carboxylic acids is 1. The molecule has 0 radical (unpaired) electrons. The number of methoxy groups -OCH3 is 1. The standard InChI is InChI=1S/C7H7ClN2O.C7H6ClNO2.C6H5NO2.CH4.N2/c1-9-7(11)6-4-5(8)2-3-10-6;1-11-7(10)6-4-5(8)2-3-9-6;8-6(9)5-3-1-2-4-7-5;;1-2/h2-4H,1H3,(H,9,11);2-4H,1H3;1-4H,(H,8,9);1H4;. The highest BCUT2D eigenvalue weighted by molar-refractivity contribution is 6.31. The molecule has 1 amide bonds. The van der Waals surface area contributed by atoms with Gasteiger partial charge in [0.1, 0.15) is 17.1 Å². The van der Waals surface area contributed by atoms with Gasteiger partial charge in [-0.05, 0) is 36.4 Å². The predicted molar refractivity (Wildman–Crippen MR) is 125 cm³/mol. The summed E-state index contributed by atoms with van der Waals surface area (Å²) in [4.78, 5) is 43.0. The average Bonchev–Trinajstić information content (AvgIpc) is 2.85. The van der Waals surface area contributed by atoms with Gasteiger partial charge in [0, 0.05) is 46.5 Å². The molecular formula is C21H22Cl2N6O5. The Balaban J connectivity index is 0. The quantitative estimate of drug-likeness (QED) is 0.386. The van der Waals surface area contributed by atoms with Gasteiger partial charge in [0.05, 0.1) is 7.11 Å². The molecule has 0 unspecified atom stereocenters. The van der Waals surface area contributed by atoms with Gasteiger partial charge in [-0.2, -0.15) is 0 Å². The summed E-state index contributed by atoms with van der Waals surface area (Å²) in [6, 6.07) is 10.9. The normalized spacial score (nSPS) is 8.41. The first-order valence-corrected chi connectivity index (χ1v) is 9.42. The molecule has 11 nitrogen and oxygen atoms in total. The lowest BCUT2D eigenvalue weighted by atomic mass is 10.3. The zero-order valence-corrected chi connectivity index (χ0v) is 18.9. The number of aromatic nitrogens is 3. The van der Waals surface area contributed by atoms with Gasteiger partial charge in [-0.15, -0.1) is 0 Å². The number of carboxylic acid groups (broad SMARTS) is 1. The molecule has 0 aliphatic rings. The highest BCUT2D eigenvalue weighted by Gasteiger charge is 2.05. The van der Waals surface area contributed by atoms with Crippen LogP contribution < -0.4 is 5.32 Å². The van der Waals surface area contributed by atoms with Gasteiger partial charge in [-0.3, -0.25) is 9.78 Å². The fourth-order valence-electron chi connectivity index (χ4n) is 1.77. The van der Waals surface area contributed by atoms with Gasteiger partial charge in [-0.1, -0.05) is 36.7 Å². The molecule has 0 aromatic carbocycles. The summed E-state index contributed by atoms with van der Waals surface area (Å²) in [6.45, 7) is 0. The molecule has 13 heteroatoms. The van der Waals surface area contributed by atoms with E-state index in [2.05, 4.69) is 25.0 Å². The van der Waals surface area contributed by atoms with Crippen LogP contribution in [0.5, 0.6) is 0 Å². The molecular weight excluding hydrogens is 487 g/mol. The Morgan fingerprint density at radius 2 is 1.38 bits per heavy atom. The number of nitrogens with zero attached hydrogens (tertiary/aromatic N) is 5. The minimum Gasteiger partial charge on any atom is -0.477 e. The summed E-state index contributed by atoms with van der Waals surface area (Å²) in [5, 5.41) is 23.8. The number of carboxylic acids is 1. The number of hydrogen-bond donors (Lipinski definition) is 2. The second-order valence-electron chi connectivity index (χ2n) is 5.31. The molecule has 3 heterocycles. The predicted octanol–water partition coefficient (Wildman–Crippen LogP) is 4.06. The molecule has 0 spiro atoms. The number of carbonyl (C=O) groups is 3. The molecule has 0 atom stereocenters. The first-order valence-electron chi connectivity index (χ1n) is 8.66. The van der Waals surface area contributed by atoms with Crippen LogP contribution >= 0.6 is 23.2 Å². The van der Waals surface area contributed by atoms with Crippen molar-refractivity contribution in [2.24, 2.45) is 0 Å². The third-order valence-corrected chi connectivity index (χ3v) is 3.65. The maximum absolute atomic E-state index is 10.9. The summed E-state index contributed by atoms with van der Waals surface area (Å²) in [6.07, 6.45) is 4.39. The van der Waals surface area contributed by atoms with E-state index in [1.165, 1.54) is 43.9 Å². The van der Waals surface area contributed by atoms with E-state index in [-0.39, 0.29) is 24.7 Å². The van der Waals surface area contributed by atoms with Gasteiger partial charge in [0.2, 0.25) is 0 Å². The molecule has 180 valence electrons. The number of halogens is 2. The van der Waals surface area contributed by atoms with E-state index in [1.807, 2.05) is 0 Å². The highest BCUT2D eigenvalue weighted by Crippen LogP contribution is 2.08. The number of amides is 1. The third kappa shape index (κ3) is 12.7. The fraction of sp³-hybridized carbons (Fsp3) is 0.143. The summed E-state index contributed by atoms with van der Waals surface area (Å²) < 4.78 is 4.43. The van der Waals surface area contributed by atoms with Crippen molar-refractivity contribution in [2.45, 2.75) is 7.43 Å². The Kier molecular flexibility index (Phi) is 17.4. The minimum absolute atomic E-state index is 0. The van der Waals surface area contributed by atoms with E-state index in [0.717, 1.165) is 0 Å². The Morgan fingerprint density at radius 1 is 0.882 bits per heavy atom. The molecule has 0 aliphatic heterocycles. The molecule has 0 fully saturated rings. The van der Waals surface area contributed by atoms with Crippen molar-refractivity contribution >= 4 is 41.0 Å². The maximum Gasteiger partial charge on any atom is 0.356 e. The molecule has 3 aromatic rings. The zero-order valence-electron chi connectivity index (χ0n) is 17.3. The van der Waals surface area contributed by atoms with Gasteiger partial charge >= 0.3 is 11.9 Å². The first-order chi connectivity index (χ1) is 15.8. The lowest BCUT2D eigenvalue weighted by molar-refractivity contribution is 0.0593. The van der Waals surface area contributed by atoms with Crippen LogP contribution in [0, 0.1) is 10.8 Å². The van der Waals surface area contributed by atoms with Crippen molar-refractivity contribution in [3.05, 3.63) is 88.2 Å². The Bertz CT molecular complexity index is 1010. The number of rotatable bonds is 3. The minimum atomic E-state index is -0.990. The van der Waals surface area contributed by atoms with Crippen molar-refractivity contribution in [3.8, 4) is 0 Å². The highest BCUT2D eigenvalue weighted by atomic mass is 35.5. The second-order valence-corrected chi connectivity index (χ2v) is 6.18. The van der Waals surface area contributed by atoms with Crippen LogP contribution in [0.15, 0.2) is 61.1 Å². The average molecular weight is 509 g/mol. The van der Waals surface area contributed by atoms with Crippen molar-refractivity contribution in [1.82, 2.24) is 20.3 Å². The smallest absolute Gasteiger partial charge is 0.356 e. The molecule has 2 N–H and O–H groups in total. The summed E-state index contributed by atoms with van der Waals surface area (Å²) in [5.41, 5.74) is 0.637. The number of hydrogen-bond acceptors (Lipinski definition) is 9. The van der Waals surface area contributed by atoms with Crippen molar-refractivity contribution in [2.75, 3.05) is 14.2 Å². The van der Waals surface area contributed by atoms with Gasteiger partial charge in [0.15, 0.2) is 0 Å². The van der Waals surface area contributed by atoms with Crippen molar-refractivity contribution in [1.29, 1.82) is 10.8 Å². The summed E-state index contributed by atoms with van der Waals surface area (Å²) in [5.74, 6) is -1.70.